The molecule has 0 aliphatic rings. The minimum absolute atomic E-state index is 0.201. The van der Waals surface area contributed by atoms with Crippen LogP contribution in [0.5, 0.6) is 0 Å². The van der Waals surface area contributed by atoms with Gasteiger partial charge in [0, 0.05) is 18.8 Å². The molecule has 0 rings (SSSR count). The normalized spacial score (nSPS) is 9.46. The fourth-order valence-electron chi connectivity index (χ4n) is 0.795. The van der Waals surface area contributed by atoms with E-state index in [9.17, 15) is 9.59 Å². The molecule has 0 aromatic heterocycles. The van der Waals surface area contributed by atoms with Gasteiger partial charge in [-0.05, 0) is 6.92 Å². The van der Waals surface area contributed by atoms with Crippen molar-refractivity contribution in [3.8, 4) is 0 Å². The summed E-state index contributed by atoms with van der Waals surface area (Å²) in [4.78, 5) is 23.4. The molecule has 2 amide bonds. The van der Waals surface area contributed by atoms with Crippen LogP contribution in [0.25, 0.3) is 0 Å². The zero-order chi connectivity index (χ0) is 10.3. The van der Waals surface area contributed by atoms with Crippen LogP contribution in [0.3, 0.4) is 0 Å². The van der Waals surface area contributed by atoms with Crippen molar-refractivity contribution < 1.29 is 14.3 Å². The summed E-state index contributed by atoms with van der Waals surface area (Å²) in [6.07, 6.45) is -0.342. The minimum atomic E-state index is -0.616. The first-order valence-electron chi connectivity index (χ1n) is 4.20. The molecule has 0 aromatic rings. The maximum absolute atomic E-state index is 11.2. The molecule has 0 radical (unpaired) electrons. The van der Waals surface area contributed by atoms with Gasteiger partial charge in [0.1, 0.15) is 0 Å². The molecule has 0 saturated carbocycles. The van der Waals surface area contributed by atoms with Gasteiger partial charge in [-0.15, -0.1) is 11.6 Å². The van der Waals surface area contributed by atoms with E-state index in [1.54, 1.807) is 13.8 Å². The number of rotatable bonds is 4. The first-order valence-corrected chi connectivity index (χ1v) is 4.73. The molecule has 0 saturated heterocycles. The number of nitrogens with zero attached hydrogens (tertiary/aromatic N) is 1. The molecule has 0 atom stereocenters. The summed E-state index contributed by atoms with van der Waals surface area (Å²) in [7, 11) is 0. The first kappa shape index (κ1) is 12.2. The molecule has 0 aliphatic carbocycles. The van der Waals surface area contributed by atoms with Crippen LogP contribution in [-0.4, -0.2) is 35.9 Å². The maximum Gasteiger partial charge on any atom is 0.416 e. The lowest BCUT2D eigenvalue weighted by molar-refractivity contribution is -0.128. The molecule has 0 aromatic carbocycles. The van der Waals surface area contributed by atoms with Gasteiger partial charge in [-0.3, -0.25) is 4.79 Å². The van der Waals surface area contributed by atoms with E-state index in [2.05, 4.69) is 4.74 Å². The van der Waals surface area contributed by atoms with E-state index < -0.39 is 6.09 Å². The van der Waals surface area contributed by atoms with Gasteiger partial charge in [0.2, 0.25) is 5.91 Å². The number of hydrogen-bond donors (Lipinski definition) is 0. The van der Waals surface area contributed by atoms with Crippen molar-refractivity contribution in [2.24, 2.45) is 0 Å². The topological polar surface area (TPSA) is 46.6 Å². The third-order valence-electron chi connectivity index (χ3n) is 1.40. The molecular weight excluding hydrogens is 194 g/mol. The number of carbonyl (C=O) groups is 2. The van der Waals surface area contributed by atoms with E-state index in [1.165, 1.54) is 0 Å². The molecule has 76 valence electrons. The van der Waals surface area contributed by atoms with Crippen molar-refractivity contribution in [2.45, 2.75) is 20.3 Å². The molecule has 4 nitrogen and oxygen atoms in total. The molecule has 0 fully saturated rings. The molecule has 0 heterocycles. The molecule has 0 bridgehead atoms. The van der Waals surface area contributed by atoms with E-state index in [1.807, 2.05) is 0 Å². The number of hydrogen-bond acceptors (Lipinski definition) is 3. The summed E-state index contributed by atoms with van der Waals surface area (Å²) >= 11 is 5.44. The van der Waals surface area contributed by atoms with Gasteiger partial charge in [-0.2, -0.15) is 0 Å². The third-order valence-corrected chi connectivity index (χ3v) is 1.57. The van der Waals surface area contributed by atoms with Crippen LogP contribution in [0.15, 0.2) is 0 Å². The van der Waals surface area contributed by atoms with Gasteiger partial charge in [0.05, 0.1) is 6.61 Å². The van der Waals surface area contributed by atoms with Crippen molar-refractivity contribution >= 4 is 23.6 Å². The molecule has 0 N–H and O–H groups in total. The van der Waals surface area contributed by atoms with E-state index in [4.69, 9.17) is 11.6 Å². The van der Waals surface area contributed by atoms with Crippen LogP contribution in [0.1, 0.15) is 20.3 Å². The van der Waals surface area contributed by atoms with Gasteiger partial charge in [0.15, 0.2) is 0 Å². The summed E-state index contributed by atoms with van der Waals surface area (Å²) < 4.78 is 4.69. The highest BCUT2D eigenvalue weighted by atomic mass is 35.5. The lowest BCUT2D eigenvalue weighted by Gasteiger charge is -2.17. The lowest BCUT2D eigenvalue weighted by atomic mass is 10.4. The summed E-state index contributed by atoms with van der Waals surface area (Å²) in [5, 5.41) is 0. The Labute approximate surface area is 82.8 Å². The Kier molecular flexibility index (Phi) is 6.32. The lowest BCUT2D eigenvalue weighted by Crippen LogP contribution is -2.38. The first-order chi connectivity index (χ1) is 6.17. The van der Waals surface area contributed by atoms with E-state index in [0.717, 1.165) is 4.90 Å². The van der Waals surface area contributed by atoms with Crippen molar-refractivity contribution in [1.29, 1.82) is 0 Å². The van der Waals surface area contributed by atoms with E-state index >= 15 is 0 Å². The van der Waals surface area contributed by atoms with Crippen molar-refractivity contribution in [3.05, 3.63) is 0 Å². The molecule has 0 aliphatic heterocycles. The second kappa shape index (κ2) is 6.71. The van der Waals surface area contributed by atoms with Gasteiger partial charge < -0.3 is 4.74 Å². The summed E-state index contributed by atoms with van der Waals surface area (Å²) in [5.74, 6) is -0.0380. The number of imide groups is 1. The molecule has 0 spiro atoms. The number of halogens is 1. The van der Waals surface area contributed by atoms with Crippen LogP contribution in [0.4, 0.5) is 4.79 Å². The molecule has 13 heavy (non-hydrogen) atoms. The number of carbonyl (C=O) groups excluding carboxylic acids is 2. The number of amides is 2. The Morgan fingerprint density at radius 2 is 2.00 bits per heavy atom. The highest BCUT2D eigenvalue weighted by Gasteiger charge is 2.19. The summed E-state index contributed by atoms with van der Waals surface area (Å²) in [6, 6.07) is 0. The Hall–Kier alpha value is -0.770. The van der Waals surface area contributed by atoms with Gasteiger partial charge in [0.25, 0.3) is 0 Å². The minimum Gasteiger partial charge on any atom is -0.449 e. The Morgan fingerprint density at radius 1 is 1.38 bits per heavy atom. The van der Waals surface area contributed by atoms with Gasteiger partial charge in [-0.25, -0.2) is 9.69 Å². The van der Waals surface area contributed by atoms with Crippen LogP contribution in [0.2, 0.25) is 0 Å². The fourth-order valence-corrected chi connectivity index (χ4v) is 0.964. The SMILES string of the molecule is CCOC(=O)N(CCCl)C(=O)CC. The maximum atomic E-state index is 11.2. The Bertz CT molecular complexity index is 184. The smallest absolute Gasteiger partial charge is 0.416 e. The van der Waals surface area contributed by atoms with Gasteiger partial charge >= 0.3 is 6.09 Å². The van der Waals surface area contributed by atoms with Gasteiger partial charge in [-0.1, -0.05) is 6.92 Å². The third kappa shape index (κ3) is 4.12. The number of alkyl halides is 1. The highest BCUT2D eigenvalue weighted by Crippen LogP contribution is 1.99. The monoisotopic (exact) mass is 207 g/mol. The van der Waals surface area contributed by atoms with Crippen molar-refractivity contribution in [2.75, 3.05) is 19.0 Å². The van der Waals surface area contributed by atoms with Crippen LogP contribution in [-0.2, 0) is 9.53 Å². The number of ether oxygens (including phenoxy) is 1. The molecule has 5 heteroatoms. The average Bonchev–Trinajstić information content (AvgIpc) is 2.13. The van der Waals surface area contributed by atoms with E-state index in [0.29, 0.717) is 0 Å². The standard InChI is InChI=1S/C8H14ClNO3/c1-3-7(11)10(6-5-9)8(12)13-4-2/h3-6H2,1-2H3. The Balaban J connectivity index is 4.22. The predicted octanol–water partition coefficient (Wildman–Crippen LogP) is 1.62. The quantitative estimate of drug-likeness (QED) is 0.659. The zero-order valence-electron chi connectivity index (χ0n) is 7.88. The van der Waals surface area contributed by atoms with Crippen molar-refractivity contribution in [3.63, 3.8) is 0 Å². The van der Waals surface area contributed by atoms with Crippen LogP contribution in [0, 0.1) is 0 Å². The van der Waals surface area contributed by atoms with Crippen molar-refractivity contribution in [1.82, 2.24) is 4.90 Å². The predicted molar refractivity (Wildman–Crippen MR) is 49.7 cm³/mol. The Morgan fingerprint density at radius 3 is 2.38 bits per heavy atom. The second-order valence-electron chi connectivity index (χ2n) is 2.29. The van der Waals surface area contributed by atoms with E-state index in [-0.39, 0.29) is 31.4 Å². The summed E-state index contributed by atoms with van der Waals surface area (Å²) in [6.45, 7) is 3.83. The molecular formula is C8H14ClNO3. The fraction of sp³-hybridized carbons (Fsp3) is 0.750. The van der Waals surface area contributed by atoms with Crippen LogP contribution >= 0.6 is 11.6 Å². The zero-order valence-corrected chi connectivity index (χ0v) is 8.63. The highest BCUT2D eigenvalue weighted by molar-refractivity contribution is 6.18. The summed E-state index contributed by atoms with van der Waals surface area (Å²) in [5.41, 5.74) is 0. The molecule has 0 unspecified atom stereocenters. The van der Waals surface area contributed by atoms with Crippen LogP contribution < -0.4 is 0 Å². The largest absolute Gasteiger partial charge is 0.449 e. The second-order valence-corrected chi connectivity index (χ2v) is 2.66. The average molecular weight is 208 g/mol.